The third-order valence-corrected chi connectivity index (χ3v) is 2.90. The van der Waals surface area contributed by atoms with Crippen LogP contribution in [0.1, 0.15) is 25.7 Å². The van der Waals surface area contributed by atoms with Crippen molar-refractivity contribution in [3.05, 3.63) is 24.2 Å². The van der Waals surface area contributed by atoms with E-state index in [1.165, 1.54) is 0 Å². The van der Waals surface area contributed by atoms with Crippen molar-refractivity contribution in [2.75, 3.05) is 6.61 Å². The molecule has 18 heavy (non-hydrogen) atoms. The summed E-state index contributed by atoms with van der Waals surface area (Å²) in [5, 5.41) is 0. The van der Waals surface area contributed by atoms with Crippen LogP contribution >= 0.6 is 11.6 Å². The van der Waals surface area contributed by atoms with Gasteiger partial charge in [0.2, 0.25) is 0 Å². The molecule has 96 valence electrons. The van der Waals surface area contributed by atoms with Gasteiger partial charge in [0.15, 0.2) is 5.65 Å². The first-order chi connectivity index (χ1) is 8.69. The molecule has 0 spiro atoms. The second kappa shape index (κ2) is 5.35. The number of alkyl halides is 1. The maximum absolute atomic E-state index is 11.8. The summed E-state index contributed by atoms with van der Waals surface area (Å²) >= 11 is 5.87. The number of carbonyl (C=O) groups is 1. The molecule has 0 saturated heterocycles. The molecule has 2 heterocycles. The summed E-state index contributed by atoms with van der Waals surface area (Å²) < 4.78 is 6.74. The van der Waals surface area contributed by atoms with Gasteiger partial charge < -0.3 is 4.74 Å². The Morgan fingerprint density at radius 1 is 1.61 bits per heavy atom. The first kappa shape index (κ1) is 12.8. The molecule has 0 aliphatic heterocycles. The Labute approximate surface area is 110 Å². The SMILES string of the molecule is CCOC(=O)C(C)n1c(CCl)nc2cccnc21. The lowest BCUT2D eigenvalue weighted by molar-refractivity contribution is -0.146. The molecule has 0 amide bonds. The van der Waals surface area contributed by atoms with Gasteiger partial charge in [0.1, 0.15) is 17.4 Å². The monoisotopic (exact) mass is 267 g/mol. The van der Waals surface area contributed by atoms with Gasteiger partial charge in [-0.1, -0.05) is 0 Å². The molecule has 2 aromatic heterocycles. The van der Waals surface area contributed by atoms with Crippen molar-refractivity contribution < 1.29 is 9.53 Å². The van der Waals surface area contributed by atoms with Crippen LogP contribution in [0.15, 0.2) is 18.3 Å². The van der Waals surface area contributed by atoms with Crippen molar-refractivity contribution in [2.45, 2.75) is 25.8 Å². The molecule has 1 unspecified atom stereocenters. The molecular formula is C12H14ClN3O2. The van der Waals surface area contributed by atoms with E-state index >= 15 is 0 Å². The number of aromatic nitrogens is 3. The summed E-state index contributed by atoms with van der Waals surface area (Å²) in [6.07, 6.45) is 1.66. The van der Waals surface area contributed by atoms with Crippen LogP contribution in [-0.2, 0) is 15.4 Å². The Morgan fingerprint density at radius 2 is 2.39 bits per heavy atom. The Balaban J connectivity index is 2.50. The van der Waals surface area contributed by atoms with Gasteiger partial charge in [0.05, 0.1) is 12.5 Å². The molecule has 2 aromatic rings. The smallest absolute Gasteiger partial charge is 0.328 e. The van der Waals surface area contributed by atoms with Gasteiger partial charge in [0, 0.05) is 6.20 Å². The van der Waals surface area contributed by atoms with Crippen LogP contribution in [0.25, 0.3) is 11.2 Å². The zero-order valence-electron chi connectivity index (χ0n) is 10.3. The third kappa shape index (κ3) is 2.18. The predicted octanol–water partition coefficient (Wildman–Crippen LogP) is 2.29. The zero-order chi connectivity index (χ0) is 13.1. The number of fused-ring (bicyclic) bond motifs is 1. The number of rotatable bonds is 4. The van der Waals surface area contributed by atoms with Gasteiger partial charge in [-0.05, 0) is 26.0 Å². The molecule has 0 saturated carbocycles. The van der Waals surface area contributed by atoms with E-state index in [1.807, 2.05) is 6.07 Å². The molecule has 0 bridgehead atoms. The summed E-state index contributed by atoms with van der Waals surface area (Å²) in [5.41, 5.74) is 1.37. The minimum atomic E-state index is -0.487. The number of imidazole rings is 1. The highest BCUT2D eigenvalue weighted by Crippen LogP contribution is 2.21. The van der Waals surface area contributed by atoms with Crippen LogP contribution in [0.2, 0.25) is 0 Å². The van der Waals surface area contributed by atoms with Crippen molar-refractivity contribution >= 4 is 28.7 Å². The summed E-state index contributed by atoms with van der Waals surface area (Å²) in [7, 11) is 0. The van der Waals surface area contributed by atoms with Gasteiger partial charge in [-0.25, -0.2) is 14.8 Å². The fourth-order valence-corrected chi connectivity index (χ4v) is 2.03. The van der Waals surface area contributed by atoms with Gasteiger partial charge in [-0.2, -0.15) is 0 Å². The second-order valence-electron chi connectivity index (χ2n) is 3.81. The van der Waals surface area contributed by atoms with Gasteiger partial charge in [0.25, 0.3) is 0 Å². The van der Waals surface area contributed by atoms with E-state index in [1.54, 1.807) is 30.7 Å². The maximum Gasteiger partial charge on any atom is 0.328 e. The highest BCUT2D eigenvalue weighted by Gasteiger charge is 2.22. The molecular weight excluding hydrogens is 254 g/mol. The highest BCUT2D eigenvalue weighted by molar-refractivity contribution is 6.16. The Morgan fingerprint density at radius 3 is 3.06 bits per heavy atom. The number of ether oxygens (including phenoxy) is 1. The summed E-state index contributed by atoms with van der Waals surface area (Å²) in [6, 6.07) is 3.15. The average molecular weight is 268 g/mol. The molecule has 0 radical (unpaired) electrons. The van der Waals surface area contributed by atoms with Crippen LogP contribution in [0, 0.1) is 0 Å². The van der Waals surface area contributed by atoms with Crippen LogP contribution in [-0.4, -0.2) is 27.1 Å². The van der Waals surface area contributed by atoms with Crippen LogP contribution in [0.4, 0.5) is 0 Å². The molecule has 6 heteroatoms. The van der Waals surface area contributed by atoms with E-state index < -0.39 is 6.04 Å². The fraction of sp³-hybridized carbons (Fsp3) is 0.417. The molecule has 1 atom stereocenters. The van der Waals surface area contributed by atoms with Gasteiger partial charge in [-0.3, -0.25) is 4.57 Å². The third-order valence-electron chi connectivity index (χ3n) is 2.66. The van der Waals surface area contributed by atoms with Crippen LogP contribution < -0.4 is 0 Å². The zero-order valence-corrected chi connectivity index (χ0v) is 11.0. The van der Waals surface area contributed by atoms with Gasteiger partial charge >= 0.3 is 5.97 Å². The average Bonchev–Trinajstić information content (AvgIpc) is 2.76. The van der Waals surface area contributed by atoms with Crippen molar-refractivity contribution in [3.63, 3.8) is 0 Å². The van der Waals surface area contributed by atoms with Crippen molar-refractivity contribution in [3.8, 4) is 0 Å². The lowest BCUT2D eigenvalue weighted by atomic mass is 10.3. The Kier molecular flexibility index (Phi) is 3.81. The maximum atomic E-state index is 11.8. The van der Waals surface area contributed by atoms with Crippen molar-refractivity contribution in [2.24, 2.45) is 0 Å². The topological polar surface area (TPSA) is 57.0 Å². The van der Waals surface area contributed by atoms with Crippen LogP contribution in [0.5, 0.6) is 0 Å². The second-order valence-corrected chi connectivity index (χ2v) is 4.07. The van der Waals surface area contributed by atoms with E-state index in [-0.39, 0.29) is 11.8 Å². The number of esters is 1. The minimum absolute atomic E-state index is 0.222. The Hall–Kier alpha value is -1.62. The number of pyridine rings is 1. The van der Waals surface area contributed by atoms with Crippen molar-refractivity contribution in [1.82, 2.24) is 14.5 Å². The Bertz CT molecular complexity index is 567. The molecule has 0 aliphatic rings. The molecule has 0 aromatic carbocycles. The quantitative estimate of drug-likeness (QED) is 0.630. The fourth-order valence-electron chi connectivity index (χ4n) is 1.85. The number of halogens is 1. The van der Waals surface area contributed by atoms with Crippen molar-refractivity contribution in [1.29, 1.82) is 0 Å². The van der Waals surface area contributed by atoms with E-state index in [4.69, 9.17) is 16.3 Å². The number of carbonyl (C=O) groups excluding carboxylic acids is 1. The predicted molar refractivity (Wildman–Crippen MR) is 68.4 cm³/mol. The lowest BCUT2D eigenvalue weighted by Crippen LogP contribution is -2.21. The minimum Gasteiger partial charge on any atom is -0.464 e. The number of hydrogen-bond acceptors (Lipinski definition) is 4. The molecule has 0 N–H and O–H groups in total. The van der Waals surface area contributed by atoms with E-state index in [0.29, 0.717) is 18.1 Å². The van der Waals surface area contributed by atoms with E-state index in [9.17, 15) is 4.79 Å². The molecule has 2 rings (SSSR count). The van der Waals surface area contributed by atoms with E-state index in [0.717, 1.165) is 5.52 Å². The van der Waals surface area contributed by atoms with Gasteiger partial charge in [-0.15, -0.1) is 11.6 Å². The lowest BCUT2D eigenvalue weighted by Gasteiger charge is -2.14. The first-order valence-electron chi connectivity index (χ1n) is 5.73. The number of hydrogen-bond donors (Lipinski definition) is 0. The largest absolute Gasteiger partial charge is 0.464 e. The summed E-state index contributed by atoms with van der Waals surface area (Å²) in [6.45, 7) is 3.88. The molecule has 0 aliphatic carbocycles. The summed E-state index contributed by atoms with van der Waals surface area (Å²) in [4.78, 5) is 20.4. The summed E-state index contributed by atoms with van der Waals surface area (Å²) in [5.74, 6) is 0.528. The first-order valence-corrected chi connectivity index (χ1v) is 6.27. The highest BCUT2D eigenvalue weighted by atomic mass is 35.5. The van der Waals surface area contributed by atoms with E-state index in [2.05, 4.69) is 9.97 Å². The standard InChI is InChI=1S/C12H14ClN3O2/c1-3-18-12(17)8(2)16-10(7-13)15-9-5-4-6-14-11(9)16/h4-6,8H,3,7H2,1-2H3. The molecule has 5 nitrogen and oxygen atoms in total. The normalized spacial score (nSPS) is 12.6. The van der Waals surface area contributed by atoms with Crippen LogP contribution in [0.3, 0.4) is 0 Å². The molecule has 0 fully saturated rings. The number of nitrogens with zero attached hydrogens (tertiary/aromatic N) is 3.